The van der Waals surface area contributed by atoms with Crippen LogP contribution in [0.4, 0.5) is 0 Å². The number of likely N-dealkylation sites (tertiary alicyclic amines) is 1. The summed E-state index contributed by atoms with van der Waals surface area (Å²) < 4.78 is 23.3. The lowest BCUT2D eigenvalue weighted by molar-refractivity contribution is -0.204. The van der Waals surface area contributed by atoms with Crippen LogP contribution < -0.4 is 9.47 Å². The minimum atomic E-state index is -1.98. The molecule has 0 radical (unpaired) electrons. The standard InChI is InChI=1S/C35H37NO6S/c1-4-40-32(38)35(42-33(43)41-27-13-9-6-10-14-27)21-30-25-17-23(2)20-34(30,29-16-15-28(39-3)19-26(29)18-25)36(31(35)37)22-24-11-7-5-8-12-24/h5-16,19,23,25,30H,4,17-18,20-22H2,1-3H3/t23-,25+,30-,34+,35?/m1/s1. The number of piperidine rings is 1. The molecule has 1 heterocycles. The van der Waals surface area contributed by atoms with E-state index in [0.29, 0.717) is 18.2 Å². The van der Waals surface area contributed by atoms with Crippen LogP contribution >= 0.6 is 12.2 Å². The molecule has 8 heteroatoms. The fraction of sp³-hybridized carbons (Fsp3) is 0.400. The van der Waals surface area contributed by atoms with Gasteiger partial charge in [-0.15, -0.1) is 0 Å². The molecule has 2 bridgehead atoms. The zero-order chi connectivity index (χ0) is 30.2. The second-order valence-electron chi connectivity index (χ2n) is 12.0. The molecule has 6 rings (SSSR count). The molecular formula is C35H37NO6S. The van der Waals surface area contributed by atoms with E-state index < -0.39 is 23.0 Å². The van der Waals surface area contributed by atoms with Gasteiger partial charge in [0.1, 0.15) is 11.5 Å². The lowest BCUT2D eigenvalue weighted by atomic mass is 9.51. The topological polar surface area (TPSA) is 74.3 Å². The number of ether oxygens (including phenoxy) is 4. The van der Waals surface area contributed by atoms with Crippen LogP contribution in [0.2, 0.25) is 0 Å². The Labute approximate surface area is 258 Å². The van der Waals surface area contributed by atoms with E-state index in [2.05, 4.69) is 19.1 Å². The number of hydrogen-bond donors (Lipinski definition) is 0. The van der Waals surface area contributed by atoms with Crippen LogP contribution in [0.3, 0.4) is 0 Å². The molecule has 1 amide bonds. The molecule has 1 saturated heterocycles. The summed E-state index contributed by atoms with van der Waals surface area (Å²) in [5.74, 6) is 0.564. The molecule has 0 N–H and O–H groups in total. The SMILES string of the molecule is CCOC(=O)C1(OC(=S)Oc2ccccc2)C[C@@H]2[C@@H]3Cc4cc(OC)ccc4[C@]2(C[C@H](C)C3)N(Cc2ccccc2)C1=O. The van der Waals surface area contributed by atoms with Crippen molar-refractivity contribution in [1.82, 2.24) is 4.90 Å². The summed E-state index contributed by atoms with van der Waals surface area (Å²) >= 11 is 5.53. The van der Waals surface area contributed by atoms with Gasteiger partial charge in [-0.25, -0.2) is 4.79 Å². The zero-order valence-corrected chi connectivity index (χ0v) is 25.6. The van der Waals surface area contributed by atoms with Crippen LogP contribution in [0.1, 0.15) is 49.8 Å². The van der Waals surface area contributed by atoms with Crippen molar-refractivity contribution in [3.05, 3.63) is 95.6 Å². The predicted molar refractivity (Wildman–Crippen MR) is 165 cm³/mol. The van der Waals surface area contributed by atoms with Crippen molar-refractivity contribution < 1.29 is 28.5 Å². The molecule has 1 unspecified atom stereocenters. The van der Waals surface area contributed by atoms with Gasteiger partial charge in [0.05, 0.1) is 19.3 Å². The minimum Gasteiger partial charge on any atom is -0.497 e. The van der Waals surface area contributed by atoms with Gasteiger partial charge < -0.3 is 23.8 Å². The minimum absolute atomic E-state index is 0.0741. The molecule has 3 aliphatic rings. The van der Waals surface area contributed by atoms with Crippen LogP contribution in [0.25, 0.3) is 0 Å². The molecule has 0 spiro atoms. The van der Waals surface area contributed by atoms with E-state index in [9.17, 15) is 4.79 Å². The highest BCUT2D eigenvalue weighted by Crippen LogP contribution is 2.61. The summed E-state index contributed by atoms with van der Waals surface area (Å²) in [5, 5.41) is -0.289. The van der Waals surface area contributed by atoms with E-state index in [1.807, 2.05) is 59.5 Å². The molecular weight excluding hydrogens is 562 g/mol. The Hall–Kier alpha value is -3.91. The molecule has 3 aromatic rings. The van der Waals surface area contributed by atoms with Gasteiger partial charge in [-0.2, -0.15) is 0 Å². The monoisotopic (exact) mass is 599 g/mol. The van der Waals surface area contributed by atoms with Gasteiger partial charge in [0.25, 0.3) is 11.5 Å². The zero-order valence-electron chi connectivity index (χ0n) is 24.8. The van der Waals surface area contributed by atoms with Gasteiger partial charge in [-0.3, -0.25) is 4.79 Å². The number of benzene rings is 3. The molecule has 1 aliphatic heterocycles. The number of fused-ring (bicyclic) bond motifs is 1. The Morgan fingerprint density at radius 3 is 2.42 bits per heavy atom. The Balaban J connectivity index is 1.51. The molecule has 3 aromatic carbocycles. The van der Waals surface area contributed by atoms with E-state index in [1.54, 1.807) is 26.2 Å². The fourth-order valence-corrected chi connectivity index (χ4v) is 8.04. The predicted octanol–water partition coefficient (Wildman–Crippen LogP) is 6.22. The first-order valence-electron chi connectivity index (χ1n) is 15.0. The van der Waals surface area contributed by atoms with Gasteiger partial charge in [-0.05, 0) is 84.9 Å². The molecule has 2 aliphatic carbocycles. The van der Waals surface area contributed by atoms with Crippen molar-refractivity contribution in [3.63, 3.8) is 0 Å². The highest BCUT2D eigenvalue weighted by Gasteiger charge is 2.69. The van der Waals surface area contributed by atoms with E-state index in [-0.39, 0.29) is 30.1 Å². The summed E-state index contributed by atoms with van der Waals surface area (Å²) in [6.07, 6.45) is 2.72. The van der Waals surface area contributed by atoms with E-state index in [1.165, 1.54) is 5.56 Å². The van der Waals surface area contributed by atoms with Crippen molar-refractivity contribution in [3.8, 4) is 11.5 Å². The molecule has 5 atom stereocenters. The number of carbonyl (C=O) groups is 2. The second-order valence-corrected chi connectivity index (χ2v) is 12.3. The molecule has 2 fully saturated rings. The molecule has 224 valence electrons. The number of thiocarbonyl (C=S) groups is 1. The van der Waals surface area contributed by atoms with E-state index in [4.69, 9.17) is 31.2 Å². The number of esters is 1. The third-order valence-corrected chi connectivity index (χ3v) is 9.55. The number of nitrogens with zero attached hydrogens (tertiary/aromatic N) is 1. The average Bonchev–Trinajstić information content (AvgIpc) is 3.00. The summed E-state index contributed by atoms with van der Waals surface area (Å²) in [6.45, 7) is 4.39. The Bertz CT molecular complexity index is 1510. The summed E-state index contributed by atoms with van der Waals surface area (Å²) in [5.41, 5.74) is 0.642. The summed E-state index contributed by atoms with van der Waals surface area (Å²) in [4.78, 5) is 31.0. The number of amides is 1. The Morgan fingerprint density at radius 1 is 1.00 bits per heavy atom. The van der Waals surface area contributed by atoms with Gasteiger partial charge in [0, 0.05) is 25.2 Å². The summed E-state index contributed by atoms with van der Waals surface area (Å²) in [6, 6.07) is 25.0. The smallest absolute Gasteiger partial charge is 0.360 e. The normalized spacial score (nSPS) is 27.4. The second kappa shape index (κ2) is 11.6. The highest BCUT2D eigenvalue weighted by molar-refractivity contribution is 7.79. The van der Waals surface area contributed by atoms with Gasteiger partial charge in [0.15, 0.2) is 0 Å². The molecule has 7 nitrogen and oxygen atoms in total. The largest absolute Gasteiger partial charge is 0.497 e. The van der Waals surface area contributed by atoms with E-state index in [0.717, 1.165) is 36.1 Å². The lowest BCUT2D eigenvalue weighted by Gasteiger charge is -2.63. The Morgan fingerprint density at radius 2 is 1.72 bits per heavy atom. The van der Waals surface area contributed by atoms with Crippen LogP contribution in [-0.4, -0.2) is 41.3 Å². The number of carbonyl (C=O) groups excluding carboxylic acids is 2. The molecule has 1 saturated carbocycles. The average molecular weight is 600 g/mol. The van der Waals surface area contributed by atoms with Gasteiger partial charge >= 0.3 is 11.2 Å². The third kappa shape index (κ3) is 5.05. The van der Waals surface area contributed by atoms with Crippen LogP contribution in [-0.2, 0) is 37.6 Å². The van der Waals surface area contributed by atoms with Crippen molar-refractivity contribution in [2.45, 2.75) is 57.2 Å². The van der Waals surface area contributed by atoms with Crippen LogP contribution in [0, 0.1) is 17.8 Å². The van der Waals surface area contributed by atoms with Crippen molar-refractivity contribution >= 4 is 29.3 Å². The maximum absolute atomic E-state index is 15.1. The number of rotatable bonds is 7. The first kappa shape index (κ1) is 29.2. The maximum atomic E-state index is 15.1. The number of para-hydroxylation sites is 1. The number of methoxy groups -OCH3 is 1. The lowest BCUT2D eigenvalue weighted by Crippen LogP contribution is -2.73. The highest BCUT2D eigenvalue weighted by atomic mass is 32.1. The van der Waals surface area contributed by atoms with Crippen molar-refractivity contribution in [1.29, 1.82) is 0 Å². The van der Waals surface area contributed by atoms with Crippen LogP contribution in [0.15, 0.2) is 78.9 Å². The maximum Gasteiger partial charge on any atom is 0.360 e. The van der Waals surface area contributed by atoms with Gasteiger partial charge in [-0.1, -0.05) is 61.5 Å². The van der Waals surface area contributed by atoms with Gasteiger partial charge in [0.2, 0.25) is 0 Å². The van der Waals surface area contributed by atoms with Crippen molar-refractivity contribution in [2.24, 2.45) is 17.8 Å². The first-order chi connectivity index (χ1) is 20.8. The van der Waals surface area contributed by atoms with E-state index >= 15 is 4.79 Å². The molecule has 0 aromatic heterocycles. The number of hydrogen-bond acceptors (Lipinski definition) is 7. The third-order valence-electron chi connectivity index (χ3n) is 9.38. The fourth-order valence-electron chi connectivity index (χ4n) is 7.80. The molecule has 43 heavy (non-hydrogen) atoms. The van der Waals surface area contributed by atoms with Crippen LogP contribution in [0.5, 0.6) is 11.5 Å². The van der Waals surface area contributed by atoms with Crippen molar-refractivity contribution in [2.75, 3.05) is 13.7 Å². The Kier molecular flexibility index (Phi) is 7.90. The quantitative estimate of drug-likeness (QED) is 0.181. The first-order valence-corrected chi connectivity index (χ1v) is 15.4. The summed E-state index contributed by atoms with van der Waals surface area (Å²) in [7, 11) is 1.67.